The SMILES string of the molecule is Cc1csnc1-c1ncncc1N. The van der Waals surface area contributed by atoms with Crippen molar-refractivity contribution >= 4 is 17.2 Å². The third-order valence-corrected chi connectivity index (χ3v) is 2.46. The van der Waals surface area contributed by atoms with Crippen LogP contribution in [-0.4, -0.2) is 14.3 Å². The van der Waals surface area contributed by atoms with Crippen LogP contribution in [-0.2, 0) is 0 Å². The monoisotopic (exact) mass is 192 g/mol. The lowest BCUT2D eigenvalue weighted by atomic mass is 10.2. The molecular formula is C8H8N4S. The average molecular weight is 192 g/mol. The van der Waals surface area contributed by atoms with Gasteiger partial charge in [0.25, 0.3) is 0 Å². The van der Waals surface area contributed by atoms with E-state index in [-0.39, 0.29) is 0 Å². The van der Waals surface area contributed by atoms with E-state index in [1.165, 1.54) is 17.9 Å². The van der Waals surface area contributed by atoms with Gasteiger partial charge < -0.3 is 5.73 Å². The highest BCUT2D eigenvalue weighted by molar-refractivity contribution is 7.04. The molecule has 13 heavy (non-hydrogen) atoms. The van der Waals surface area contributed by atoms with E-state index in [9.17, 15) is 0 Å². The zero-order valence-electron chi connectivity index (χ0n) is 7.06. The van der Waals surface area contributed by atoms with Crippen molar-refractivity contribution in [2.75, 3.05) is 5.73 Å². The minimum Gasteiger partial charge on any atom is -0.396 e. The molecule has 4 nitrogen and oxygen atoms in total. The number of nitrogens with two attached hydrogens (primary N) is 1. The van der Waals surface area contributed by atoms with E-state index >= 15 is 0 Å². The number of nitrogen functional groups attached to an aromatic ring is 1. The second kappa shape index (κ2) is 3.10. The van der Waals surface area contributed by atoms with Crippen LogP contribution in [0.25, 0.3) is 11.4 Å². The molecule has 0 amide bonds. The Morgan fingerprint density at radius 3 is 2.85 bits per heavy atom. The first-order valence-electron chi connectivity index (χ1n) is 3.76. The lowest BCUT2D eigenvalue weighted by Crippen LogP contribution is -1.95. The summed E-state index contributed by atoms with van der Waals surface area (Å²) in [6.07, 6.45) is 3.06. The Morgan fingerprint density at radius 1 is 1.38 bits per heavy atom. The van der Waals surface area contributed by atoms with Crippen LogP contribution in [0.2, 0.25) is 0 Å². The molecule has 0 aliphatic rings. The predicted molar refractivity (Wildman–Crippen MR) is 52.3 cm³/mol. The Labute approximate surface area is 79.6 Å². The zero-order valence-corrected chi connectivity index (χ0v) is 7.88. The summed E-state index contributed by atoms with van der Waals surface area (Å²) in [5.41, 5.74) is 8.95. The summed E-state index contributed by atoms with van der Waals surface area (Å²) >= 11 is 1.40. The van der Waals surface area contributed by atoms with Crippen molar-refractivity contribution in [1.29, 1.82) is 0 Å². The highest BCUT2D eigenvalue weighted by Gasteiger charge is 2.09. The summed E-state index contributed by atoms with van der Waals surface area (Å²) in [4.78, 5) is 7.91. The number of nitrogens with zero attached hydrogens (tertiary/aromatic N) is 3. The second-order valence-electron chi connectivity index (χ2n) is 2.67. The number of anilines is 1. The minimum absolute atomic E-state index is 0.566. The third-order valence-electron chi connectivity index (χ3n) is 1.71. The van der Waals surface area contributed by atoms with E-state index in [0.717, 1.165) is 11.3 Å². The minimum atomic E-state index is 0.566. The quantitative estimate of drug-likeness (QED) is 0.743. The van der Waals surface area contributed by atoms with Crippen molar-refractivity contribution in [3.05, 3.63) is 23.5 Å². The van der Waals surface area contributed by atoms with Crippen molar-refractivity contribution in [1.82, 2.24) is 14.3 Å². The first kappa shape index (κ1) is 8.12. The maximum Gasteiger partial charge on any atom is 0.116 e. The van der Waals surface area contributed by atoms with Gasteiger partial charge in [0, 0.05) is 5.38 Å². The van der Waals surface area contributed by atoms with E-state index in [0.29, 0.717) is 11.4 Å². The van der Waals surface area contributed by atoms with Crippen LogP contribution >= 0.6 is 11.5 Å². The number of hydrogen-bond donors (Lipinski definition) is 1. The van der Waals surface area contributed by atoms with Gasteiger partial charge in [-0.05, 0) is 24.0 Å². The number of hydrogen-bond acceptors (Lipinski definition) is 5. The summed E-state index contributed by atoms with van der Waals surface area (Å²) in [7, 11) is 0. The predicted octanol–water partition coefficient (Wildman–Crippen LogP) is 1.49. The highest BCUT2D eigenvalue weighted by atomic mass is 32.1. The Kier molecular flexibility index (Phi) is 1.94. The van der Waals surface area contributed by atoms with Crippen LogP contribution in [0.1, 0.15) is 5.56 Å². The molecule has 0 aliphatic heterocycles. The van der Waals surface area contributed by atoms with Gasteiger partial charge in [-0.25, -0.2) is 9.97 Å². The lowest BCUT2D eigenvalue weighted by molar-refractivity contribution is 1.16. The Morgan fingerprint density at radius 2 is 2.23 bits per heavy atom. The molecule has 2 rings (SSSR count). The van der Waals surface area contributed by atoms with Crippen LogP contribution in [0.3, 0.4) is 0 Å². The molecule has 2 heterocycles. The molecule has 0 unspecified atom stereocenters. The van der Waals surface area contributed by atoms with Crippen molar-refractivity contribution in [3.63, 3.8) is 0 Å². The average Bonchev–Trinajstić information content (AvgIpc) is 2.52. The van der Waals surface area contributed by atoms with Crippen LogP contribution in [0, 0.1) is 6.92 Å². The molecule has 0 spiro atoms. The van der Waals surface area contributed by atoms with Gasteiger partial charge in [0.1, 0.15) is 17.7 Å². The van der Waals surface area contributed by atoms with E-state index in [1.807, 2.05) is 12.3 Å². The molecule has 0 fully saturated rings. The summed E-state index contributed by atoms with van der Waals surface area (Å²) in [5.74, 6) is 0. The van der Waals surface area contributed by atoms with Crippen LogP contribution in [0.4, 0.5) is 5.69 Å². The molecule has 2 aromatic rings. The molecule has 0 aromatic carbocycles. The largest absolute Gasteiger partial charge is 0.396 e. The first-order valence-corrected chi connectivity index (χ1v) is 4.59. The van der Waals surface area contributed by atoms with Crippen molar-refractivity contribution in [2.24, 2.45) is 0 Å². The van der Waals surface area contributed by atoms with Crippen molar-refractivity contribution < 1.29 is 0 Å². The van der Waals surface area contributed by atoms with Gasteiger partial charge in [-0.2, -0.15) is 4.37 Å². The first-order chi connectivity index (χ1) is 6.29. The zero-order chi connectivity index (χ0) is 9.26. The summed E-state index contributed by atoms with van der Waals surface area (Å²) in [6, 6.07) is 0. The number of aryl methyl sites for hydroxylation is 1. The van der Waals surface area contributed by atoms with Gasteiger partial charge in [-0.15, -0.1) is 0 Å². The highest BCUT2D eigenvalue weighted by Crippen LogP contribution is 2.24. The molecular weight excluding hydrogens is 184 g/mol. The molecule has 66 valence electrons. The Hall–Kier alpha value is -1.49. The fourth-order valence-corrected chi connectivity index (χ4v) is 1.71. The van der Waals surface area contributed by atoms with E-state index < -0.39 is 0 Å². The molecule has 2 aromatic heterocycles. The van der Waals surface area contributed by atoms with Gasteiger partial charge in [0.05, 0.1) is 11.9 Å². The van der Waals surface area contributed by atoms with Crippen LogP contribution in [0.5, 0.6) is 0 Å². The summed E-state index contributed by atoms with van der Waals surface area (Å²) in [6.45, 7) is 1.99. The van der Waals surface area contributed by atoms with Crippen molar-refractivity contribution in [3.8, 4) is 11.4 Å². The Balaban J connectivity index is 2.59. The molecule has 0 atom stereocenters. The normalized spacial score (nSPS) is 10.2. The molecule has 0 saturated carbocycles. The van der Waals surface area contributed by atoms with Crippen molar-refractivity contribution in [2.45, 2.75) is 6.92 Å². The molecule has 0 bridgehead atoms. The smallest absolute Gasteiger partial charge is 0.116 e. The number of aromatic nitrogens is 3. The van der Waals surface area contributed by atoms with E-state index in [4.69, 9.17) is 5.73 Å². The molecule has 0 aliphatic carbocycles. The fourth-order valence-electron chi connectivity index (χ4n) is 1.05. The topological polar surface area (TPSA) is 64.7 Å². The molecule has 2 N–H and O–H groups in total. The van der Waals surface area contributed by atoms with Gasteiger partial charge >= 0.3 is 0 Å². The van der Waals surface area contributed by atoms with Gasteiger partial charge in [-0.3, -0.25) is 0 Å². The summed E-state index contributed by atoms with van der Waals surface area (Å²) < 4.78 is 4.22. The van der Waals surface area contributed by atoms with Crippen LogP contribution < -0.4 is 5.73 Å². The Bertz CT molecular complexity index is 424. The maximum absolute atomic E-state index is 5.72. The standard InChI is InChI=1S/C8H8N4S/c1-5-3-13-12-7(5)8-6(9)2-10-4-11-8/h2-4H,9H2,1H3. The maximum atomic E-state index is 5.72. The van der Waals surface area contributed by atoms with Crippen LogP contribution in [0.15, 0.2) is 17.9 Å². The van der Waals surface area contributed by atoms with Gasteiger partial charge in [0.2, 0.25) is 0 Å². The fraction of sp³-hybridized carbons (Fsp3) is 0.125. The lowest BCUT2D eigenvalue weighted by Gasteiger charge is -2.00. The molecule has 0 saturated heterocycles. The molecule has 5 heteroatoms. The second-order valence-corrected chi connectivity index (χ2v) is 3.30. The van der Waals surface area contributed by atoms with E-state index in [2.05, 4.69) is 14.3 Å². The van der Waals surface area contributed by atoms with Gasteiger partial charge in [0.15, 0.2) is 0 Å². The summed E-state index contributed by atoms with van der Waals surface area (Å²) in [5, 5.41) is 1.97. The third kappa shape index (κ3) is 1.38. The number of rotatable bonds is 1. The molecule has 0 radical (unpaired) electrons. The van der Waals surface area contributed by atoms with E-state index in [1.54, 1.807) is 6.20 Å². The van der Waals surface area contributed by atoms with Gasteiger partial charge in [-0.1, -0.05) is 0 Å².